The minimum absolute atomic E-state index is 0.646. The van der Waals surface area contributed by atoms with Gasteiger partial charge in [0.25, 0.3) is 0 Å². The summed E-state index contributed by atoms with van der Waals surface area (Å²) in [5.41, 5.74) is 1.38. The highest BCUT2D eigenvalue weighted by Crippen LogP contribution is 2.37. The van der Waals surface area contributed by atoms with Crippen LogP contribution in [-0.2, 0) is 4.74 Å². The molecule has 0 spiro atoms. The number of ether oxygens (including phenoxy) is 1. The van der Waals surface area contributed by atoms with E-state index < -0.39 is 0 Å². The third kappa shape index (κ3) is 5.08. The van der Waals surface area contributed by atoms with Crippen molar-refractivity contribution in [3.8, 4) is 0 Å². The van der Waals surface area contributed by atoms with Crippen molar-refractivity contribution in [3.05, 3.63) is 34.9 Å². The molecule has 1 N–H and O–H groups in total. The van der Waals surface area contributed by atoms with Crippen LogP contribution in [0.4, 0.5) is 0 Å². The number of halogens is 1. The summed E-state index contributed by atoms with van der Waals surface area (Å²) in [6.07, 6.45) is 3.58. The molecule has 0 bridgehead atoms. The van der Waals surface area contributed by atoms with Gasteiger partial charge in [0, 0.05) is 24.2 Å². The zero-order chi connectivity index (χ0) is 14.4. The summed E-state index contributed by atoms with van der Waals surface area (Å²) in [6.45, 7) is 7.13. The van der Waals surface area contributed by atoms with Crippen LogP contribution in [0, 0.1) is 5.92 Å². The van der Waals surface area contributed by atoms with Gasteiger partial charge in [-0.15, -0.1) is 0 Å². The molecule has 0 unspecified atom stereocenters. The fourth-order valence-corrected chi connectivity index (χ4v) is 2.77. The Morgan fingerprint density at radius 3 is 2.80 bits per heavy atom. The van der Waals surface area contributed by atoms with Gasteiger partial charge in [0.15, 0.2) is 0 Å². The van der Waals surface area contributed by atoms with Crippen molar-refractivity contribution < 1.29 is 4.74 Å². The average molecular weight is 296 g/mol. The summed E-state index contributed by atoms with van der Waals surface area (Å²) in [4.78, 5) is 0. The van der Waals surface area contributed by atoms with Crippen molar-refractivity contribution in [2.75, 3.05) is 19.8 Å². The van der Waals surface area contributed by atoms with E-state index in [-0.39, 0.29) is 0 Å². The molecule has 1 fully saturated rings. The Hall–Kier alpha value is -0.570. The molecule has 0 amide bonds. The second-order valence-electron chi connectivity index (χ2n) is 6.17. The average Bonchev–Trinajstić information content (AvgIpc) is 2.35. The Morgan fingerprint density at radius 2 is 2.10 bits per heavy atom. The summed E-state index contributed by atoms with van der Waals surface area (Å²) in [5.74, 6) is 1.40. The Balaban J connectivity index is 1.54. The Labute approximate surface area is 127 Å². The molecule has 1 aromatic rings. The lowest BCUT2D eigenvalue weighted by Crippen LogP contribution is -2.41. The van der Waals surface area contributed by atoms with Crippen LogP contribution < -0.4 is 5.32 Å². The second kappa shape index (κ2) is 8.02. The molecule has 0 aliphatic heterocycles. The maximum Gasteiger partial charge on any atom is 0.0591 e. The van der Waals surface area contributed by atoms with Gasteiger partial charge in [-0.1, -0.05) is 37.6 Å². The number of rotatable bonds is 8. The van der Waals surface area contributed by atoms with E-state index in [2.05, 4.69) is 31.3 Å². The third-order valence-electron chi connectivity index (χ3n) is 3.98. The Bertz CT molecular complexity index is 402. The fourth-order valence-electron chi connectivity index (χ4n) is 2.57. The van der Waals surface area contributed by atoms with Gasteiger partial charge in [-0.2, -0.15) is 0 Å². The van der Waals surface area contributed by atoms with E-state index in [1.807, 2.05) is 12.1 Å². The standard InChI is InChI=1S/C17H26ClNO/c1-13(2)6-8-20-9-7-19-17-11-15(12-17)14-4-3-5-16(18)10-14/h3-5,10,13,15,17,19H,6-9,11-12H2,1-2H3. The van der Waals surface area contributed by atoms with Gasteiger partial charge in [0.1, 0.15) is 0 Å². The summed E-state index contributed by atoms with van der Waals surface area (Å²) in [6, 6.07) is 8.90. The molecule has 1 saturated carbocycles. The van der Waals surface area contributed by atoms with Crippen LogP contribution in [0.3, 0.4) is 0 Å². The first kappa shape index (κ1) is 15.8. The minimum atomic E-state index is 0.646. The molecular formula is C17H26ClNO. The first-order valence-corrected chi connectivity index (χ1v) is 8.09. The van der Waals surface area contributed by atoms with Gasteiger partial charge < -0.3 is 10.1 Å². The van der Waals surface area contributed by atoms with E-state index in [0.717, 1.165) is 37.1 Å². The van der Waals surface area contributed by atoms with E-state index in [1.165, 1.54) is 18.4 Å². The van der Waals surface area contributed by atoms with E-state index in [4.69, 9.17) is 16.3 Å². The molecule has 1 aliphatic carbocycles. The van der Waals surface area contributed by atoms with E-state index in [0.29, 0.717) is 12.0 Å². The smallest absolute Gasteiger partial charge is 0.0591 e. The van der Waals surface area contributed by atoms with E-state index in [9.17, 15) is 0 Å². The number of benzene rings is 1. The summed E-state index contributed by atoms with van der Waals surface area (Å²) < 4.78 is 5.61. The van der Waals surface area contributed by atoms with Crippen LogP contribution in [0.5, 0.6) is 0 Å². The lowest BCUT2D eigenvalue weighted by atomic mass is 9.76. The monoisotopic (exact) mass is 295 g/mol. The Morgan fingerprint density at radius 1 is 1.30 bits per heavy atom. The van der Waals surface area contributed by atoms with Crippen molar-refractivity contribution in [1.82, 2.24) is 5.32 Å². The maximum absolute atomic E-state index is 6.03. The predicted molar refractivity (Wildman–Crippen MR) is 85.5 cm³/mol. The van der Waals surface area contributed by atoms with Crippen LogP contribution in [0.15, 0.2) is 24.3 Å². The largest absolute Gasteiger partial charge is 0.380 e. The van der Waals surface area contributed by atoms with Gasteiger partial charge in [-0.05, 0) is 48.8 Å². The van der Waals surface area contributed by atoms with Crippen molar-refractivity contribution in [1.29, 1.82) is 0 Å². The van der Waals surface area contributed by atoms with Crippen LogP contribution in [0.25, 0.3) is 0 Å². The maximum atomic E-state index is 6.03. The molecule has 20 heavy (non-hydrogen) atoms. The van der Waals surface area contributed by atoms with Crippen molar-refractivity contribution >= 4 is 11.6 Å². The zero-order valence-corrected chi connectivity index (χ0v) is 13.3. The summed E-state index contributed by atoms with van der Waals surface area (Å²) >= 11 is 6.03. The van der Waals surface area contributed by atoms with Crippen LogP contribution in [0.2, 0.25) is 5.02 Å². The van der Waals surface area contributed by atoms with Crippen molar-refractivity contribution in [2.24, 2.45) is 5.92 Å². The second-order valence-corrected chi connectivity index (χ2v) is 6.61. The van der Waals surface area contributed by atoms with Crippen LogP contribution in [-0.4, -0.2) is 25.8 Å². The molecule has 1 aliphatic rings. The van der Waals surface area contributed by atoms with Gasteiger partial charge >= 0.3 is 0 Å². The van der Waals surface area contributed by atoms with Crippen molar-refractivity contribution in [2.45, 2.75) is 45.1 Å². The lowest BCUT2D eigenvalue weighted by Gasteiger charge is -2.36. The SMILES string of the molecule is CC(C)CCOCCNC1CC(c2cccc(Cl)c2)C1. The molecule has 3 heteroatoms. The molecule has 2 nitrogen and oxygen atoms in total. The molecule has 0 atom stereocenters. The highest BCUT2D eigenvalue weighted by Gasteiger charge is 2.29. The van der Waals surface area contributed by atoms with Crippen molar-refractivity contribution in [3.63, 3.8) is 0 Å². The van der Waals surface area contributed by atoms with Crippen LogP contribution >= 0.6 is 11.6 Å². The molecule has 112 valence electrons. The number of nitrogens with one attached hydrogen (secondary N) is 1. The van der Waals surface area contributed by atoms with Gasteiger partial charge in [0.05, 0.1) is 6.61 Å². The number of hydrogen-bond donors (Lipinski definition) is 1. The van der Waals surface area contributed by atoms with Gasteiger partial charge in [-0.3, -0.25) is 0 Å². The highest BCUT2D eigenvalue weighted by atomic mass is 35.5. The molecule has 0 heterocycles. The first-order valence-electron chi connectivity index (χ1n) is 7.71. The molecule has 0 radical (unpaired) electrons. The molecule has 1 aromatic carbocycles. The lowest BCUT2D eigenvalue weighted by molar-refractivity contribution is 0.119. The fraction of sp³-hybridized carbons (Fsp3) is 0.647. The third-order valence-corrected chi connectivity index (χ3v) is 4.21. The predicted octanol–water partition coefficient (Wildman–Crippen LogP) is 4.24. The van der Waals surface area contributed by atoms with E-state index in [1.54, 1.807) is 0 Å². The first-order chi connectivity index (χ1) is 9.65. The van der Waals surface area contributed by atoms with Gasteiger partial charge in [0.2, 0.25) is 0 Å². The quantitative estimate of drug-likeness (QED) is 0.724. The molecule has 0 saturated heterocycles. The van der Waals surface area contributed by atoms with Gasteiger partial charge in [-0.25, -0.2) is 0 Å². The highest BCUT2D eigenvalue weighted by molar-refractivity contribution is 6.30. The number of hydrogen-bond acceptors (Lipinski definition) is 2. The van der Waals surface area contributed by atoms with Crippen LogP contribution in [0.1, 0.15) is 44.6 Å². The summed E-state index contributed by atoms with van der Waals surface area (Å²) in [7, 11) is 0. The molecular weight excluding hydrogens is 270 g/mol. The molecule has 0 aromatic heterocycles. The van der Waals surface area contributed by atoms with E-state index >= 15 is 0 Å². The minimum Gasteiger partial charge on any atom is -0.380 e. The molecule has 2 rings (SSSR count). The normalized spacial score (nSPS) is 22.0. The zero-order valence-electron chi connectivity index (χ0n) is 12.6. The Kier molecular flexibility index (Phi) is 6.34. The topological polar surface area (TPSA) is 21.3 Å². The summed E-state index contributed by atoms with van der Waals surface area (Å²) in [5, 5.41) is 4.41.